The molecule has 1 aromatic rings. The average Bonchev–Trinajstić information content (AvgIpc) is 3.24. The predicted molar refractivity (Wildman–Crippen MR) is 75.7 cm³/mol. The number of benzene rings is 1. The fourth-order valence-corrected chi connectivity index (χ4v) is 2.41. The molecule has 20 heavy (non-hydrogen) atoms. The third kappa shape index (κ3) is 3.37. The lowest BCUT2D eigenvalue weighted by Gasteiger charge is -2.17. The molecule has 1 amide bonds. The van der Waals surface area contributed by atoms with E-state index in [0.29, 0.717) is 12.0 Å². The molecule has 3 nitrogen and oxygen atoms in total. The molecule has 0 saturated heterocycles. The predicted octanol–water partition coefficient (Wildman–Crippen LogP) is 2.45. The van der Waals surface area contributed by atoms with Crippen LogP contribution >= 0.6 is 0 Å². The van der Waals surface area contributed by atoms with Crippen molar-refractivity contribution in [2.75, 3.05) is 6.54 Å². The fraction of sp³-hybridized carbons (Fsp3) is 0.562. The summed E-state index contributed by atoms with van der Waals surface area (Å²) in [6.07, 6.45) is 1.04. The van der Waals surface area contributed by atoms with Crippen molar-refractivity contribution in [2.45, 2.75) is 38.7 Å². The van der Waals surface area contributed by atoms with Crippen LogP contribution in [-0.4, -0.2) is 23.7 Å². The highest BCUT2D eigenvalue weighted by molar-refractivity contribution is 5.82. The zero-order chi connectivity index (χ0) is 14.7. The summed E-state index contributed by atoms with van der Waals surface area (Å²) in [5.74, 6) is -0.335. The molecule has 4 heteroatoms. The van der Waals surface area contributed by atoms with Crippen LogP contribution in [0.25, 0.3) is 0 Å². The number of aliphatic hydroxyl groups is 1. The summed E-state index contributed by atoms with van der Waals surface area (Å²) < 4.78 is 13.6. The van der Waals surface area contributed by atoms with E-state index in [-0.39, 0.29) is 36.0 Å². The Hall–Kier alpha value is -1.42. The minimum absolute atomic E-state index is 0.0167. The van der Waals surface area contributed by atoms with E-state index in [9.17, 15) is 14.3 Å². The average molecular weight is 279 g/mol. The quantitative estimate of drug-likeness (QED) is 0.840. The van der Waals surface area contributed by atoms with Gasteiger partial charge in [-0.2, -0.15) is 0 Å². The minimum atomic E-state index is -0.519. The maximum Gasteiger partial charge on any atom is 0.223 e. The van der Waals surface area contributed by atoms with Crippen LogP contribution in [0, 0.1) is 17.7 Å². The van der Waals surface area contributed by atoms with Crippen molar-refractivity contribution in [1.82, 2.24) is 5.32 Å². The number of hydrogen-bond acceptors (Lipinski definition) is 2. The van der Waals surface area contributed by atoms with Gasteiger partial charge in [0, 0.05) is 12.5 Å². The van der Waals surface area contributed by atoms with Crippen molar-refractivity contribution in [1.29, 1.82) is 0 Å². The van der Waals surface area contributed by atoms with Gasteiger partial charge >= 0.3 is 0 Å². The molecule has 1 aliphatic rings. The Balaban J connectivity index is 1.83. The molecule has 0 radical (unpaired) electrons. The summed E-state index contributed by atoms with van der Waals surface area (Å²) in [6, 6.07) is 6.60. The van der Waals surface area contributed by atoms with Crippen molar-refractivity contribution in [3.63, 3.8) is 0 Å². The van der Waals surface area contributed by atoms with Crippen LogP contribution < -0.4 is 5.32 Å². The Morgan fingerprint density at radius 1 is 1.50 bits per heavy atom. The standard InChI is InChI=1S/C16H22FNO2/c1-3-10(2)15(19)9-18-16(20)13-8-12(13)11-6-4-5-7-14(11)17/h4-7,10,12-13,15,19H,3,8-9H2,1-2H3,(H,18,20). The number of nitrogens with one attached hydrogen (secondary N) is 1. The van der Waals surface area contributed by atoms with E-state index in [2.05, 4.69) is 5.32 Å². The summed E-state index contributed by atoms with van der Waals surface area (Å²) in [7, 11) is 0. The van der Waals surface area contributed by atoms with Gasteiger partial charge in [-0.05, 0) is 29.9 Å². The number of rotatable bonds is 6. The summed E-state index contributed by atoms with van der Waals surface area (Å²) in [5.41, 5.74) is 0.620. The van der Waals surface area contributed by atoms with Gasteiger partial charge in [0.05, 0.1) is 6.10 Å². The van der Waals surface area contributed by atoms with E-state index >= 15 is 0 Å². The van der Waals surface area contributed by atoms with Gasteiger partial charge in [0.1, 0.15) is 5.82 Å². The Kier molecular flexibility index (Phi) is 4.76. The Morgan fingerprint density at radius 2 is 2.20 bits per heavy atom. The first-order chi connectivity index (χ1) is 9.54. The molecule has 1 fully saturated rings. The van der Waals surface area contributed by atoms with Gasteiger partial charge in [0.2, 0.25) is 5.91 Å². The second-order valence-electron chi connectivity index (χ2n) is 5.67. The van der Waals surface area contributed by atoms with Gasteiger partial charge in [0.25, 0.3) is 0 Å². The van der Waals surface area contributed by atoms with E-state index in [0.717, 1.165) is 6.42 Å². The molecule has 0 spiro atoms. The molecule has 1 aliphatic carbocycles. The molecule has 0 heterocycles. The second kappa shape index (κ2) is 6.35. The maximum absolute atomic E-state index is 13.6. The summed E-state index contributed by atoms with van der Waals surface area (Å²) >= 11 is 0. The van der Waals surface area contributed by atoms with Crippen molar-refractivity contribution in [3.8, 4) is 0 Å². The van der Waals surface area contributed by atoms with E-state index < -0.39 is 6.10 Å². The molecule has 110 valence electrons. The topological polar surface area (TPSA) is 49.3 Å². The molecular formula is C16H22FNO2. The van der Waals surface area contributed by atoms with Crippen LogP contribution in [0.3, 0.4) is 0 Å². The molecular weight excluding hydrogens is 257 g/mol. The molecule has 1 aromatic carbocycles. The number of amides is 1. The van der Waals surface area contributed by atoms with Crippen LogP contribution in [0.2, 0.25) is 0 Å². The minimum Gasteiger partial charge on any atom is -0.391 e. The van der Waals surface area contributed by atoms with Crippen LogP contribution in [0.1, 0.15) is 38.2 Å². The highest BCUT2D eigenvalue weighted by Gasteiger charge is 2.45. The normalized spacial score (nSPS) is 24.0. The lowest BCUT2D eigenvalue weighted by Crippen LogP contribution is -2.36. The lowest BCUT2D eigenvalue weighted by molar-refractivity contribution is -0.123. The van der Waals surface area contributed by atoms with Crippen molar-refractivity contribution >= 4 is 5.91 Å². The molecule has 4 atom stereocenters. The second-order valence-corrected chi connectivity index (χ2v) is 5.67. The van der Waals surface area contributed by atoms with Gasteiger partial charge in [-0.1, -0.05) is 38.5 Å². The summed E-state index contributed by atoms with van der Waals surface area (Å²) in [6.45, 7) is 4.23. The van der Waals surface area contributed by atoms with Gasteiger partial charge in [-0.15, -0.1) is 0 Å². The molecule has 0 bridgehead atoms. The highest BCUT2D eigenvalue weighted by atomic mass is 19.1. The Labute approximate surface area is 119 Å². The number of carbonyl (C=O) groups is 1. The first-order valence-electron chi connectivity index (χ1n) is 7.24. The number of carbonyl (C=O) groups excluding carboxylic acids is 1. The van der Waals surface area contributed by atoms with E-state index in [4.69, 9.17) is 0 Å². The lowest BCUT2D eigenvalue weighted by atomic mass is 10.0. The van der Waals surface area contributed by atoms with E-state index in [1.54, 1.807) is 18.2 Å². The molecule has 4 unspecified atom stereocenters. The number of hydrogen-bond donors (Lipinski definition) is 2. The van der Waals surface area contributed by atoms with E-state index in [1.165, 1.54) is 6.07 Å². The number of aliphatic hydroxyl groups excluding tert-OH is 1. The highest BCUT2D eigenvalue weighted by Crippen LogP contribution is 2.48. The molecule has 2 rings (SSSR count). The summed E-state index contributed by atoms with van der Waals surface area (Å²) in [4.78, 5) is 12.0. The van der Waals surface area contributed by atoms with Crippen LogP contribution in [0.5, 0.6) is 0 Å². The fourth-order valence-electron chi connectivity index (χ4n) is 2.41. The summed E-state index contributed by atoms with van der Waals surface area (Å²) in [5, 5.41) is 12.6. The zero-order valence-electron chi connectivity index (χ0n) is 12.0. The van der Waals surface area contributed by atoms with Gasteiger partial charge in [-0.25, -0.2) is 4.39 Å². The van der Waals surface area contributed by atoms with Gasteiger partial charge < -0.3 is 10.4 Å². The smallest absolute Gasteiger partial charge is 0.223 e. The van der Waals surface area contributed by atoms with Crippen LogP contribution in [-0.2, 0) is 4.79 Å². The third-order valence-electron chi connectivity index (χ3n) is 4.22. The Bertz CT molecular complexity index is 477. The van der Waals surface area contributed by atoms with Gasteiger partial charge in [0.15, 0.2) is 0 Å². The monoisotopic (exact) mass is 279 g/mol. The maximum atomic E-state index is 13.6. The van der Waals surface area contributed by atoms with Crippen molar-refractivity contribution in [2.24, 2.45) is 11.8 Å². The molecule has 2 N–H and O–H groups in total. The molecule has 0 aromatic heterocycles. The molecule has 0 aliphatic heterocycles. The zero-order valence-corrected chi connectivity index (χ0v) is 12.0. The van der Waals surface area contributed by atoms with Gasteiger partial charge in [-0.3, -0.25) is 4.79 Å². The molecule has 1 saturated carbocycles. The van der Waals surface area contributed by atoms with Crippen LogP contribution in [0.15, 0.2) is 24.3 Å². The Morgan fingerprint density at radius 3 is 2.85 bits per heavy atom. The third-order valence-corrected chi connectivity index (χ3v) is 4.22. The largest absolute Gasteiger partial charge is 0.391 e. The SMILES string of the molecule is CCC(C)C(O)CNC(=O)C1CC1c1ccccc1F. The first kappa shape index (κ1) is 15.0. The van der Waals surface area contributed by atoms with E-state index in [1.807, 2.05) is 13.8 Å². The number of halogens is 1. The first-order valence-corrected chi connectivity index (χ1v) is 7.24. The van der Waals surface area contributed by atoms with Crippen LogP contribution in [0.4, 0.5) is 4.39 Å². The van der Waals surface area contributed by atoms with Crippen molar-refractivity contribution in [3.05, 3.63) is 35.6 Å². The van der Waals surface area contributed by atoms with Crippen molar-refractivity contribution < 1.29 is 14.3 Å².